The number of hydrogen-bond acceptors (Lipinski definition) is 8. The molecule has 43 heavy (non-hydrogen) atoms. The van der Waals surface area contributed by atoms with E-state index in [0.717, 1.165) is 10.5 Å². The number of furan rings is 1. The number of methoxy groups -OCH3 is 1. The number of rotatable bonds is 11. The van der Waals surface area contributed by atoms with Gasteiger partial charge in [-0.1, -0.05) is 30.3 Å². The van der Waals surface area contributed by atoms with E-state index >= 15 is 0 Å². The second kappa shape index (κ2) is 14.2. The molecule has 3 N–H and O–H groups in total. The number of thiazole rings is 1. The summed E-state index contributed by atoms with van der Waals surface area (Å²) in [5.41, 5.74) is 1.65. The maximum absolute atomic E-state index is 13.4. The number of amides is 3. The Morgan fingerprint density at radius 2 is 1.70 bits per heavy atom. The van der Waals surface area contributed by atoms with Crippen LogP contribution >= 0.6 is 23.1 Å². The molecule has 0 saturated carbocycles. The van der Waals surface area contributed by atoms with Gasteiger partial charge in [0, 0.05) is 33.8 Å². The molecule has 3 amide bonds. The van der Waals surface area contributed by atoms with Gasteiger partial charge in [-0.3, -0.25) is 14.4 Å². The first-order chi connectivity index (χ1) is 21.0. The molecule has 11 heteroatoms. The molecule has 2 heterocycles. The summed E-state index contributed by atoms with van der Waals surface area (Å²) in [4.78, 5) is 43.4. The van der Waals surface area contributed by atoms with Crippen LogP contribution in [0.4, 0.5) is 10.8 Å². The van der Waals surface area contributed by atoms with Crippen molar-refractivity contribution in [2.45, 2.75) is 4.90 Å². The average Bonchev–Trinajstić information content (AvgIpc) is 3.73. The smallest absolute Gasteiger partial charge is 0.272 e. The van der Waals surface area contributed by atoms with Crippen LogP contribution in [0, 0.1) is 0 Å². The average molecular weight is 611 g/mol. The molecule has 0 aliphatic rings. The van der Waals surface area contributed by atoms with E-state index in [9.17, 15) is 14.4 Å². The molecule has 2 aromatic heterocycles. The highest BCUT2D eigenvalue weighted by Gasteiger charge is 2.17. The van der Waals surface area contributed by atoms with Crippen molar-refractivity contribution in [2.24, 2.45) is 0 Å². The van der Waals surface area contributed by atoms with E-state index in [0.29, 0.717) is 33.7 Å². The quantitative estimate of drug-likeness (QED) is 0.114. The van der Waals surface area contributed by atoms with Crippen LogP contribution in [0.25, 0.3) is 17.4 Å². The molecule has 0 aliphatic carbocycles. The maximum Gasteiger partial charge on any atom is 0.272 e. The molecule has 9 nitrogen and oxygen atoms in total. The summed E-state index contributed by atoms with van der Waals surface area (Å²) in [6, 6.07) is 26.6. The fourth-order valence-corrected chi connectivity index (χ4v) is 5.17. The summed E-state index contributed by atoms with van der Waals surface area (Å²) >= 11 is 2.71. The maximum atomic E-state index is 13.4. The van der Waals surface area contributed by atoms with Crippen LogP contribution in [-0.4, -0.2) is 35.6 Å². The molecular formula is C32H26N4O5S2. The second-order valence-corrected chi connectivity index (χ2v) is 10.9. The molecule has 0 fully saturated rings. The molecule has 0 saturated heterocycles. The van der Waals surface area contributed by atoms with Crippen LogP contribution < -0.4 is 20.7 Å². The third-order valence-electron chi connectivity index (χ3n) is 5.98. The summed E-state index contributed by atoms with van der Waals surface area (Å²) in [6.45, 7) is 0. The first-order valence-electron chi connectivity index (χ1n) is 13.0. The Kier molecular flexibility index (Phi) is 9.67. The molecule has 0 unspecified atom stereocenters. The monoisotopic (exact) mass is 610 g/mol. The largest absolute Gasteiger partial charge is 0.496 e. The lowest BCUT2D eigenvalue weighted by atomic mass is 10.1. The number of ether oxygens (including phenoxy) is 1. The summed E-state index contributed by atoms with van der Waals surface area (Å²) in [6.07, 6.45) is 3.10. The third-order valence-corrected chi connectivity index (χ3v) is 7.68. The van der Waals surface area contributed by atoms with E-state index < -0.39 is 11.8 Å². The van der Waals surface area contributed by atoms with Crippen LogP contribution in [0.2, 0.25) is 0 Å². The zero-order chi connectivity index (χ0) is 30.0. The standard InChI is InChI=1S/C32H26N4O5S2/c1-40-27-10-6-5-9-25(27)28-16-13-23(41-28)19-26(35-30(38)21-7-3-2-4-8-21)31(39)34-22-11-14-24(15-12-22)43-20-29(37)36-32-33-17-18-42-32/h2-19H,20H2,1H3,(H,34,39)(H,35,38)(H,33,36,37). The highest BCUT2D eigenvalue weighted by Crippen LogP contribution is 2.31. The Bertz CT molecular complexity index is 1730. The Balaban J connectivity index is 1.30. The number of carbonyl (C=O) groups is 3. The van der Waals surface area contributed by atoms with Gasteiger partial charge in [0.15, 0.2) is 5.13 Å². The minimum Gasteiger partial charge on any atom is -0.496 e. The minimum absolute atomic E-state index is 0.00733. The molecule has 0 bridgehead atoms. The first kappa shape index (κ1) is 29.4. The van der Waals surface area contributed by atoms with Gasteiger partial charge in [0.1, 0.15) is 23.0 Å². The predicted molar refractivity (Wildman–Crippen MR) is 169 cm³/mol. The van der Waals surface area contributed by atoms with E-state index in [1.165, 1.54) is 29.2 Å². The molecule has 0 atom stereocenters. The zero-order valence-corrected chi connectivity index (χ0v) is 24.5. The van der Waals surface area contributed by atoms with Crippen LogP contribution in [-0.2, 0) is 9.59 Å². The molecule has 5 aromatic rings. The van der Waals surface area contributed by atoms with Crippen LogP contribution in [0.1, 0.15) is 16.1 Å². The van der Waals surface area contributed by atoms with E-state index in [2.05, 4.69) is 20.9 Å². The summed E-state index contributed by atoms with van der Waals surface area (Å²) in [5, 5.41) is 10.6. The lowest BCUT2D eigenvalue weighted by Crippen LogP contribution is -2.30. The summed E-state index contributed by atoms with van der Waals surface area (Å²) in [5.74, 6) is 0.624. The van der Waals surface area contributed by atoms with E-state index in [-0.39, 0.29) is 17.4 Å². The molecule has 0 radical (unpaired) electrons. The Morgan fingerprint density at radius 3 is 2.44 bits per heavy atom. The number of para-hydroxylation sites is 1. The molecule has 0 aliphatic heterocycles. The number of nitrogens with zero attached hydrogens (tertiary/aromatic N) is 1. The van der Waals surface area contributed by atoms with Crippen LogP contribution in [0.15, 0.2) is 118 Å². The van der Waals surface area contributed by atoms with E-state index in [1.54, 1.807) is 85.4 Å². The number of anilines is 2. The lowest BCUT2D eigenvalue weighted by molar-refractivity contribution is -0.114. The van der Waals surface area contributed by atoms with Crippen molar-refractivity contribution in [1.82, 2.24) is 10.3 Å². The third kappa shape index (κ3) is 8.00. The van der Waals surface area contributed by atoms with Crippen molar-refractivity contribution in [1.29, 1.82) is 0 Å². The Morgan fingerprint density at radius 1 is 0.930 bits per heavy atom. The van der Waals surface area contributed by atoms with E-state index in [4.69, 9.17) is 9.15 Å². The highest BCUT2D eigenvalue weighted by molar-refractivity contribution is 8.00. The molecular weight excluding hydrogens is 585 g/mol. The lowest BCUT2D eigenvalue weighted by Gasteiger charge is -2.11. The van der Waals surface area contributed by atoms with Crippen LogP contribution in [0.3, 0.4) is 0 Å². The number of thioether (sulfide) groups is 1. The van der Waals surface area contributed by atoms with Crippen molar-refractivity contribution in [3.05, 3.63) is 120 Å². The number of nitrogens with one attached hydrogen (secondary N) is 3. The number of aromatic nitrogens is 1. The second-order valence-electron chi connectivity index (χ2n) is 8.93. The minimum atomic E-state index is -0.539. The van der Waals surface area contributed by atoms with E-state index in [1.807, 2.05) is 24.3 Å². The summed E-state index contributed by atoms with van der Waals surface area (Å²) < 4.78 is 11.4. The van der Waals surface area contributed by atoms with Gasteiger partial charge in [-0.25, -0.2) is 4.98 Å². The number of carbonyl (C=O) groups excluding carboxylic acids is 3. The number of benzene rings is 3. The van der Waals surface area contributed by atoms with Gasteiger partial charge in [-0.2, -0.15) is 0 Å². The fourth-order valence-electron chi connectivity index (χ4n) is 3.93. The highest BCUT2D eigenvalue weighted by atomic mass is 32.2. The van der Waals surface area contributed by atoms with Gasteiger partial charge < -0.3 is 25.1 Å². The Labute approximate surface area is 256 Å². The molecule has 216 valence electrons. The predicted octanol–water partition coefficient (Wildman–Crippen LogP) is 6.55. The van der Waals surface area contributed by atoms with Crippen LogP contribution in [0.5, 0.6) is 5.75 Å². The van der Waals surface area contributed by atoms with Gasteiger partial charge in [0.2, 0.25) is 5.91 Å². The Hall–Kier alpha value is -5.13. The zero-order valence-electron chi connectivity index (χ0n) is 22.9. The fraction of sp³-hybridized carbons (Fsp3) is 0.0625. The van der Waals surface area contributed by atoms with Gasteiger partial charge >= 0.3 is 0 Å². The van der Waals surface area contributed by atoms with Gasteiger partial charge in [-0.15, -0.1) is 23.1 Å². The molecule has 3 aromatic carbocycles. The van der Waals surface area contributed by atoms with Crippen molar-refractivity contribution >= 4 is 57.7 Å². The number of hydrogen-bond donors (Lipinski definition) is 3. The normalized spacial score (nSPS) is 11.0. The van der Waals surface area contributed by atoms with Crippen molar-refractivity contribution in [2.75, 3.05) is 23.5 Å². The molecule has 5 rings (SSSR count). The first-order valence-corrected chi connectivity index (χ1v) is 14.9. The van der Waals surface area contributed by atoms with Gasteiger partial charge in [-0.05, 0) is 60.7 Å². The van der Waals surface area contributed by atoms with Gasteiger partial charge in [0.25, 0.3) is 11.8 Å². The van der Waals surface area contributed by atoms with Crippen molar-refractivity contribution in [3.8, 4) is 17.1 Å². The summed E-state index contributed by atoms with van der Waals surface area (Å²) in [7, 11) is 1.58. The molecule has 0 spiro atoms. The topological polar surface area (TPSA) is 123 Å². The van der Waals surface area contributed by atoms with Gasteiger partial charge in [0.05, 0.1) is 18.4 Å². The van der Waals surface area contributed by atoms with Crippen molar-refractivity contribution < 1.29 is 23.5 Å². The SMILES string of the molecule is COc1ccccc1-c1ccc(C=C(NC(=O)c2ccccc2)C(=O)Nc2ccc(SCC(=O)Nc3nccs3)cc2)o1. The van der Waals surface area contributed by atoms with Crippen molar-refractivity contribution in [3.63, 3.8) is 0 Å².